The summed E-state index contributed by atoms with van der Waals surface area (Å²) in [4.78, 5) is 15.2. The van der Waals surface area contributed by atoms with Crippen LogP contribution in [-0.2, 0) is 9.84 Å². The second-order valence-electron chi connectivity index (χ2n) is 5.99. The van der Waals surface area contributed by atoms with Crippen molar-refractivity contribution in [2.24, 2.45) is 0 Å². The van der Waals surface area contributed by atoms with Crippen LogP contribution in [0, 0.1) is 0 Å². The maximum absolute atomic E-state index is 13.3. The van der Waals surface area contributed by atoms with E-state index >= 15 is 0 Å². The van der Waals surface area contributed by atoms with E-state index in [-0.39, 0.29) is 17.2 Å². The zero-order chi connectivity index (χ0) is 16.5. The molecule has 0 amide bonds. The lowest BCUT2D eigenvalue weighted by molar-refractivity contribution is 0.0941. The summed E-state index contributed by atoms with van der Waals surface area (Å²) in [5, 5.41) is 0. The molecule has 1 unspecified atom stereocenters. The lowest BCUT2D eigenvalue weighted by Gasteiger charge is -2.27. The van der Waals surface area contributed by atoms with E-state index in [1.165, 1.54) is 0 Å². The van der Waals surface area contributed by atoms with Gasteiger partial charge in [-0.1, -0.05) is 48.5 Å². The number of sulfone groups is 1. The Labute approximate surface area is 136 Å². The van der Waals surface area contributed by atoms with E-state index in [2.05, 4.69) is 0 Å². The van der Waals surface area contributed by atoms with Crippen molar-refractivity contribution in [3.8, 4) is 0 Å². The SMILES string of the molecule is CN1CCC(C(=O)c2ccccc2)(S(=O)(=O)c2ccccc2)C1. The van der Waals surface area contributed by atoms with Crippen LogP contribution in [0.25, 0.3) is 0 Å². The molecule has 1 aliphatic rings. The van der Waals surface area contributed by atoms with Crippen molar-refractivity contribution in [2.75, 3.05) is 20.1 Å². The van der Waals surface area contributed by atoms with Gasteiger partial charge in [0.25, 0.3) is 0 Å². The van der Waals surface area contributed by atoms with E-state index in [1.54, 1.807) is 54.6 Å². The highest BCUT2D eigenvalue weighted by atomic mass is 32.2. The Bertz CT molecular complexity index is 803. The summed E-state index contributed by atoms with van der Waals surface area (Å²) in [7, 11) is -1.92. The average molecular weight is 329 g/mol. The molecule has 0 aromatic heterocycles. The predicted molar refractivity (Wildman–Crippen MR) is 89.2 cm³/mol. The molecule has 4 nitrogen and oxygen atoms in total. The summed E-state index contributed by atoms with van der Waals surface area (Å²) in [6.45, 7) is 0.808. The number of benzene rings is 2. The number of hydrogen-bond donors (Lipinski definition) is 0. The molecule has 1 fully saturated rings. The summed E-state index contributed by atoms with van der Waals surface area (Å²) >= 11 is 0. The van der Waals surface area contributed by atoms with E-state index in [0.29, 0.717) is 18.5 Å². The molecule has 1 atom stereocenters. The molecule has 1 heterocycles. The van der Waals surface area contributed by atoms with Crippen LogP contribution >= 0.6 is 0 Å². The zero-order valence-electron chi connectivity index (χ0n) is 13.0. The Balaban J connectivity index is 2.14. The molecular formula is C18H19NO3S. The highest BCUT2D eigenvalue weighted by Gasteiger charge is 2.54. The fourth-order valence-electron chi connectivity index (χ4n) is 3.17. The molecule has 0 saturated carbocycles. The number of ketones is 1. The molecule has 2 aromatic rings. The Hall–Kier alpha value is -1.98. The van der Waals surface area contributed by atoms with Crippen molar-refractivity contribution < 1.29 is 13.2 Å². The highest BCUT2D eigenvalue weighted by molar-refractivity contribution is 7.93. The molecule has 0 aliphatic carbocycles. The van der Waals surface area contributed by atoms with Gasteiger partial charge in [0.15, 0.2) is 20.4 Å². The number of hydrogen-bond acceptors (Lipinski definition) is 4. The monoisotopic (exact) mass is 329 g/mol. The first-order valence-electron chi connectivity index (χ1n) is 7.55. The molecule has 0 spiro atoms. The molecule has 120 valence electrons. The third-order valence-electron chi connectivity index (χ3n) is 4.44. The van der Waals surface area contributed by atoms with Crippen LogP contribution in [0.2, 0.25) is 0 Å². The Morgan fingerprint density at radius 1 is 1.00 bits per heavy atom. The van der Waals surface area contributed by atoms with Crippen molar-refractivity contribution in [3.05, 3.63) is 66.2 Å². The molecule has 23 heavy (non-hydrogen) atoms. The topological polar surface area (TPSA) is 54.5 Å². The van der Waals surface area contributed by atoms with Crippen molar-refractivity contribution in [1.29, 1.82) is 0 Å². The summed E-state index contributed by atoms with van der Waals surface area (Å²) in [5.41, 5.74) is 0.447. The second kappa shape index (κ2) is 5.91. The molecule has 0 bridgehead atoms. The minimum atomic E-state index is -3.77. The van der Waals surface area contributed by atoms with Crippen LogP contribution in [0.4, 0.5) is 0 Å². The fraction of sp³-hybridized carbons (Fsp3) is 0.278. The number of carbonyl (C=O) groups is 1. The smallest absolute Gasteiger partial charge is 0.192 e. The summed E-state index contributed by atoms with van der Waals surface area (Å²) < 4.78 is 25.1. The van der Waals surface area contributed by atoms with Crippen molar-refractivity contribution in [3.63, 3.8) is 0 Å². The Morgan fingerprint density at radius 2 is 1.57 bits per heavy atom. The zero-order valence-corrected chi connectivity index (χ0v) is 13.8. The van der Waals surface area contributed by atoms with Gasteiger partial charge < -0.3 is 4.90 Å². The molecule has 3 rings (SSSR count). The van der Waals surface area contributed by atoms with Crippen LogP contribution in [0.3, 0.4) is 0 Å². The third kappa shape index (κ3) is 2.60. The summed E-state index contributed by atoms with van der Waals surface area (Å²) in [5.74, 6) is -0.314. The first kappa shape index (κ1) is 15.9. The summed E-state index contributed by atoms with van der Waals surface area (Å²) in [6, 6.07) is 17.0. The Morgan fingerprint density at radius 3 is 2.09 bits per heavy atom. The van der Waals surface area contributed by atoms with Gasteiger partial charge in [-0.05, 0) is 32.1 Å². The van der Waals surface area contributed by atoms with E-state index in [0.717, 1.165) is 0 Å². The molecule has 5 heteroatoms. The maximum atomic E-state index is 13.3. The van der Waals surface area contributed by atoms with Crippen molar-refractivity contribution >= 4 is 15.6 Å². The van der Waals surface area contributed by atoms with Crippen LogP contribution < -0.4 is 0 Å². The number of nitrogens with zero attached hydrogens (tertiary/aromatic N) is 1. The first-order valence-corrected chi connectivity index (χ1v) is 9.04. The van der Waals surface area contributed by atoms with Gasteiger partial charge in [-0.25, -0.2) is 8.42 Å². The Kier molecular flexibility index (Phi) is 4.08. The standard InChI is InChI=1S/C18H19NO3S/c1-19-13-12-18(14-19,17(20)15-8-4-2-5-9-15)23(21,22)16-10-6-3-7-11-16/h2-11H,12-14H2,1H3. The quantitative estimate of drug-likeness (QED) is 0.809. The maximum Gasteiger partial charge on any atom is 0.192 e. The van der Waals surface area contributed by atoms with E-state index in [4.69, 9.17) is 0 Å². The van der Waals surface area contributed by atoms with Gasteiger partial charge >= 0.3 is 0 Å². The fourth-order valence-corrected chi connectivity index (χ4v) is 5.25. The van der Waals surface area contributed by atoms with Crippen molar-refractivity contribution in [2.45, 2.75) is 16.1 Å². The van der Waals surface area contributed by atoms with Gasteiger partial charge in [0.1, 0.15) is 0 Å². The van der Waals surface area contributed by atoms with E-state index in [1.807, 2.05) is 18.0 Å². The van der Waals surface area contributed by atoms with Gasteiger partial charge in [0.2, 0.25) is 0 Å². The van der Waals surface area contributed by atoms with E-state index < -0.39 is 14.6 Å². The molecule has 1 saturated heterocycles. The first-order chi connectivity index (χ1) is 11.0. The third-order valence-corrected chi connectivity index (χ3v) is 6.88. The summed E-state index contributed by atoms with van der Waals surface area (Å²) in [6.07, 6.45) is 0.314. The van der Waals surface area contributed by atoms with Crippen LogP contribution in [0.1, 0.15) is 16.8 Å². The largest absolute Gasteiger partial charge is 0.304 e. The van der Waals surface area contributed by atoms with Gasteiger partial charge in [-0.3, -0.25) is 4.79 Å². The van der Waals surface area contributed by atoms with Crippen LogP contribution in [0.5, 0.6) is 0 Å². The molecule has 0 radical (unpaired) electrons. The lowest BCUT2D eigenvalue weighted by Crippen LogP contribution is -2.48. The molecule has 1 aliphatic heterocycles. The normalized spacial score (nSPS) is 22.1. The highest BCUT2D eigenvalue weighted by Crippen LogP contribution is 2.37. The number of carbonyl (C=O) groups excluding carboxylic acids is 1. The second-order valence-corrected chi connectivity index (χ2v) is 8.25. The predicted octanol–water partition coefficient (Wildman–Crippen LogP) is 2.42. The van der Waals surface area contributed by atoms with Gasteiger partial charge in [-0.15, -0.1) is 0 Å². The molecule has 2 aromatic carbocycles. The van der Waals surface area contributed by atoms with E-state index in [9.17, 15) is 13.2 Å². The average Bonchev–Trinajstić information content (AvgIpc) is 2.99. The molecular weight excluding hydrogens is 310 g/mol. The minimum Gasteiger partial charge on any atom is -0.304 e. The van der Waals surface area contributed by atoms with Crippen molar-refractivity contribution in [1.82, 2.24) is 4.90 Å². The number of likely N-dealkylation sites (tertiary alicyclic amines) is 1. The molecule has 0 N–H and O–H groups in total. The van der Waals surface area contributed by atoms with Gasteiger partial charge in [0.05, 0.1) is 4.90 Å². The number of rotatable bonds is 4. The van der Waals surface area contributed by atoms with Gasteiger partial charge in [0, 0.05) is 12.1 Å². The van der Waals surface area contributed by atoms with Gasteiger partial charge in [-0.2, -0.15) is 0 Å². The minimum absolute atomic E-state index is 0.208. The van der Waals surface area contributed by atoms with Crippen LogP contribution in [-0.4, -0.2) is 44.0 Å². The van der Waals surface area contributed by atoms with Crippen LogP contribution in [0.15, 0.2) is 65.6 Å². The lowest BCUT2D eigenvalue weighted by atomic mass is 9.96. The number of Topliss-reactive ketones (excluding diaryl/α,β-unsaturated/α-hetero) is 1.